The standard InChI is InChI=1S/C14H11N3O4/c1-7-5-11(16-21-7)12(18)15-8-3-4-9-10(6-8)14(20)17(2)13(9)19/h3-6H,1-2H3,(H,15,18). The van der Waals surface area contributed by atoms with Gasteiger partial charge in [0.25, 0.3) is 17.7 Å². The molecule has 0 radical (unpaired) electrons. The van der Waals surface area contributed by atoms with Gasteiger partial charge < -0.3 is 9.84 Å². The summed E-state index contributed by atoms with van der Waals surface area (Å²) >= 11 is 0. The number of nitrogens with zero attached hydrogens (tertiary/aromatic N) is 2. The summed E-state index contributed by atoms with van der Waals surface area (Å²) in [7, 11) is 1.42. The molecular formula is C14H11N3O4. The molecule has 0 spiro atoms. The second-order valence-electron chi connectivity index (χ2n) is 4.71. The fraction of sp³-hybridized carbons (Fsp3) is 0.143. The van der Waals surface area contributed by atoms with E-state index in [2.05, 4.69) is 10.5 Å². The van der Waals surface area contributed by atoms with Gasteiger partial charge in [-0.2, -0.15) is 0 Å². The number of nitrogens with one attached hydrogen (secondary N) is 1. The van der Waals surface area contributed by atoms with E-state index < -0.39 is 5.91 Å². The predicted molar refractivity (Wildman–Crippen MR) is 72.1 cm³/mol. The quantitative estimate of drug-likeness (QED) is 0.843. The molecule has 3 rings (SSSR count). The highest BCUT2D eigenvalue weighted by molar-refractivity contribution is 6.21. The number of carbonyl (C=O) groups excluding carboxylic acids is 3. The number of amides is 3. The van der Waals surface area contributed by atoms with Gasteiger partial charge in [-0.25, -0.2) is 0 Å². The van der Waals surface area contributed by atoms with Crippen molar-refractivity contribution in [2.75, 3.05) is 12.4 Å². The number of hydrogen-bond acceptors (Lipinski definition) is 5. The summed E-state index contributed by atoms with van der Waals surface area (Å²) in [5.41, 5.74) is 1.16. The molecule has 0 bridgehead atoms. The summed E-state index contributed by atoms with van der Waals surface area (Å²) in [5.74, 6) is -0.656. The molecule has 0 saturated carbocycles. The molecule has 0 atom stereocenters. The molecule has 0 unspecified atom stereocenters. The molecule has 1 aliphatic heterocycles. The zero-order valence-electron chi connectivity index (χ0n) is 11.3. The first-order chi connectivity index (χ1) is 9.97. The Morgan fingerprint density at radius 3 is 2.57 bits per heavy atom. The Bertz CT molecular complexity index is 778. The van der Waals surface area contributed by atoms with Gasteiger partial charge in [0.05, 0.1) is 11.1 Å². The Morgan fingerprint density at radius 1 is 1.19 bits per heavy atom. The third kappa shape index (κ3) is 2.08. The molecule has 1 aromatic heterocycles. The van der Waals surface area contributed by atoms with Crippen molar-refractivity contribution in [2.45, 2.75) is 6.92 Å². The summed E-state index contributed by atoms with van der Waals surface area (Å²) in [6.07, 6.45) is 0. The number of aromatic nitrogens is 1. The van der Waals surface area contributed by atoms with Gasteiger partial charge in [-0.05, 0) is 25.1 Å². The van der Waals surface area contributed by atoms with Crippen LogP contribution in [0, 0.1) is 6.92 Å². The van der Waals surface area contributed by atoms with Crippen molar-refractivity contribution in [1.29, 1.82) is 0 Å². The zero-order valence-corrected chi connectivity index (χ0v) is 11.3. The zero-order chi connectivity index (χ0) is 15.1. The Labute approximate surface area is 119 Å². The molecule has 2 aromatic rings. The minimum Gasteiger partial charge on any atom is -0.361 e. The number of anilines is 1. The second kappa shape index (κ2) is 4.55. The number of hydrogen-bond donors (Lipinski definition) is 1. The van der Waals surface area contributed by atoms with Crippen LogP contribution < -0.4 is 5.32 Å². The van der Waals surface area contributed by atoms with Gasteiger partial charge in [-0.3, -0.25) is 19.3 Å². The van der Waals surface area contributed by atoms with Crippen molar-refractivity contribution in [3.63, 3.8) is 0 Å². The van der Waals surface area contributed by atoms with Crippen molar-refractivity contribution < 1.29 is 18.9 Å². The topological polar surface area (TPSA) is 92.5 Å². The van der Waals surface area contributed by atoms with Crippen LogP contribution >= 0.6 is 0 Å². The highest BCUT2D eigenvalue weighted by atomic mass is 16.5. The van der Waals surface area contributed by atoms with E-state index in [4.69, 9.17) is 4.52 Å². The predicted octanol–water partition coefficient (Wildman–Crippen LogP) is 1.46. The lowest BCUT2D eigenvalue weighted by Crippen LogP contribution is -2.24. The SMILES string of the molecule is Cc1cc(C(=O)Nc2ccc3c(c2)C(=O)N(C)C3=O)no1. The third-order valence-electron chi connectivity index (χ3n) is 3.21. The van der Waals surface area contributed by atoms with E-state index in [0.717, 1.165) is 4.90 Å². The molecule has 2 heterocycles. The lowest BCUT2D eigenvalue weighted by molar-refractivity contribution is 0.0692. The van der Waals surface area contributed by atoms with Gasteiger partial charge in [0.15, 0.2) is 5.69 Å². The van der Waals surface area contributed by atoms with Gasteiger partial charge in [-0.1, -0.05) is 5.16 Å². The lowest BCUT2D eigenvalue weighted by atomic mass is 10.1. The van der Waals surface area contributed by atoms with Crippen LogP contribution in [0.2, 0.25) is 0 Å². The molecule has 0 aliphatic carbocycles. The molecule has 7 nitrogen and oxygen atoms in total. The van der Waals surface area contributed by atoms with Crippen molar-refractivity contribution in [3.8, 4) is 0 Å². The monoisotopic (exact) mass is 285 g/mol. The Hall–Kier alpha value is -2.96. The van der Waals surface area contributed by atoms with Crippen LogP contribution in [0.3, 0.4) is 0 Å². The Kier molecular flexibility index (Phi) is 2.83. The molecule has 21 heavy (non-hydrogen) atoms. The first-order valence-corrected chi connectivity index (χ1v) is 6.18. The van der Waals surface area contributed by atoms with Crippen LogP contribution in [0.4, 0.5) is 5.69 Å². The number of rotatable bonds is 2. The van der Waals surface area contributed by atoms with E-state index in [1.807, 2.05) is 0 Å². The van der Waals surface area contributed by atoms with Crippen molar-refractivity contribution in [3.05, 3.63) is 46.8 Å². The maximum absolute atomic E-state index is 11.9. The van der Waals surface area contributed by atoms with Crippen LogP contribution in [0.15, 0.2) is 28.8 Å². The number of fused-ring (bicyclic) bond motifs is 1. The van der Waals surface area contributed by atoms with E-state index in [1.165, 1.54) is 25.2 Å². The molecule has 3 amide bonds. The van der Waals surface area contributed by atoms with Crippen molar-refractivity contribution in [1.82, 2.24) is 10.1 Å². The summed E-state index contributed by atoms with van der Waals surface area (Å²) in [6, 6.07) is 6.06. The smallest absolute Gasteiger partial charge is 0.277 e. The van der Waals surface area contributed by atoms with Gasteiger partial charge in [-0.15, -0.1) is 0 Å². The average Bonchev–Trinajstić information content (AvgIpc) is 2.98. The van der Waals surface area contributed by atoms with E-state index in [0.29, 0.717) is 17.0 Å². The third-order valence-corrected chi connectivity index (χ3v) is 3.21. The molecular weight excluding hydrogens is 274 g/mol. The highest BCUT2D eigenvalue weighted by Crippen LogP contribution is 2.24. The molecule has 7 heteroatoms. The maximum Gasteiger partial charge on any atom is 0.277 e. The molecule has 0 fully saturated rings. The summed E-state index contributed by atoms with van der Waals surface area (Å²) in [6.45, 7) is 1.68. The fourth-order valence-electron chi connectivity index (χ4n) is 2.11. The van der Waals surface area contributed by atoms with Crippen LogP contribution in [0.1, 0.15) is 37.0 Å². The van der Waals surface area contributed by atoms with Crippen LogP contribution in [0.25, 0.3) is 0 Å². The molecule has 106 valence electrons. The van der Waals surface area contributed by atoms with Gasteiger partial charge in [0, 0.05) is 18.8 Å². The number of aryl methyl sites for hydroxylation is 1. The maximum atomic E-state index is 11.9. The summed E-state index contributed by atoms with van der Waals surface area (Å²) in [5, 5.41) is 6.22. The fourth-order valence-corrected chi connectivity index (χ4v) is 2.11. The Balaban J connectivity index is 1.87. The largest absolute Gasteiger partial charge is 0.361 e. The minimum absolute atomic E-state index is 0.146. The highest BCUT2D eigenvalue weighted by Gasteiger charge is 2.32. The summed E-state index contributed by atoms with van der Waals surface area (Å²) in [4.78, 5) is 36.6. The number of imide groups is 1. The van der Waals surface area contributed by atoms with Gasteiger partial charge in [0.2, 0.25) is 0 Å². The van der Waals surface area contributed by atoms with E-state index in [1.54, 1.807) is 13.0 Å². The minimum atomic E-state index is -0.447. The van der Waals surface area contributed by atoms with Gasteiger partial charge in [0.1, 0.15) is 5.76 Å². The first-order valence-electron chi connectivity index (χ1n) is 6.18. The van der Waals surface area contributed by atoms with Crippen LogP contribution in [-0.4, -0.2) is 34.8 Å². The van der Waals surface area contributed by atoms with Crippen molar-refractivity contribution in [2.24, 2.45) is 0 Å². The second-order valence-corrected chi connectivity index (χ2v) is 4.71. The van der Waals surface area contributed by atoms with Crippen LogP contribution in [-0.2, 0) is 0 Å². The Morgan fingerprint density at radius 2 is 1.90 bits per heavy atom. The molecule has 1 N–H and O–H groups in total. The summed E-state index contributed by atoms with van der Waals surface area (Å²) < 4.78 is 4.83. The molecule has 1 aromatic carbocycles. The van der Waals surface area contributed by atoms with Crippen molar-refractivity contribution >= 4 is 23.4 Å². The average molecular weight is 285 g/mol. The number of carbonyl (C=O) groups is 3. The first kappa shape index (κ1) is 13.0. The van der Waals surface area contributed by atoms with E-state index in [-0.39, 0.29) is 23.1 Å². The number of benzene rings is 1. The molecule has 0 saturated heterocycles. The van der Waals surface area contributed by atoms with Crippen LogP contribution in [0.5, 0.6) is 0 Å². The van der Waals surface area contributed by atoms with E-state index in [9.17, 15) is 14.4 Å². The van der Waals surface area contributed by atoms with Gasteiger partial charge >= 0.3 is 0 Å². The lowest BCUT2D eigenvalue weighted by Gasteiger charge is -2.04. The molecule has 1 aliphatic rings. The normalized spacial score (nSPS) is 13.5. The van der Waals surface area contributed by atoms with E-state index >= 15 is 0 Å².